The molecule has 0 atom stereocenters. The van der Waals surface area contributed by atoms with Crippen LogP contribution in [-0.4, -0.2) is 27.8 Å². The van der Waals surface area contributed by atoms with Crippen LogP contribution in [0.1, 0.15) is 18.1 Å². The van der Waals surface area contributed by atoms with E-state index in [1.54, 1.807) is 30.5 Å². The molecule has 3 aromatic rings. The van der Waals surface area contributed by atoms with Gasteiger partial charge < -0.3 is 4.74 Å². The zero-order valence-electron chi connectivity index (χ0n) is 16.2. The molecule has 1 aliphatic heterocycles. The van der Waals surface area contributed by atoms with E-state index >= 15 is 0 Å². The molecule has 3 aromatic carbocycles. The van der Waals surface area contributed by atoms with E-state index in [0.717, 1.165) is 29.0 Å². The molecule has 0 radical (unpaired) electrons. The fourth-order valence-electron chi connectivity index (χ4n) is 3.35. The fourth-order valence-corrected chi connectivity index (χ4v) is 4.86. The van der Waals surface area contributed by atoms with Gasteiger partial charge in [0, 0.05) is 12.8 Å². The Morgan fingerprint density at radius 1 is 1.00 bits per heavy atom. The topological polar surface area (TPSA) is 59.0 Å². The zero-order valence-corrected chi connectivity index (χ0v) is 17.0. The fraction of sp³-hybridized carbons (Fsp3) is 0.174. The monoisotopic (exact) mass is 406 g/mol. The van der Waals surface area contributed by atoms with Gasteiger partial charge in [0.05, 0.1) is 22.9 Å². The maximum atomic E-state index is 13.0. The minimum Gasteiger partial charge on any atom is -0.494 e. The number of benzene rings is 3. The lowest BCUT2D eigenvalue weighted by atomic mass is 10.2. The second-order valence-corrected chi connectivity index (χ2v) is 8.57. The highest BCUT2D eigenvalue weighted by atomic mass is 32.2. The van der Waals surface area contributed by atoms with Gasteiger partial charge in [0.1, 0.15) is 5.75 Å². The maximum Gasteiger partial charge on any atom is 0.264 e. The van der Waals surface area contributed by atoms with Crippen LogP contribution >= 0.6 is 0 Å². The molecule has 6 heteroatoms. The Bertz CT molecular complexity index is 1120. The van der Waals surface area contributed by atoms with Gasteiger partial charge in [0.15, 0.2) is 0 Å². The van der Waals surface area contributed by atoms with E-state index in [9.17, 15) is 8.42 Å². The number of rotatable bonds is 6. The van der Waals surface area contributed by atoms with E-state index in [1.165, 1.54) is 4.31 Å². The lowest BCUT2D eigenvalue weighted by Gasteiger charge is -2.19. The van der Waals surface area contributed by atoms with Crippen LogP contribution in [0.5, 0.6) is 5.75 Å². The minimum absolute atomic E-state index is 0.272. The molecule has 0 aromatic heterocycles. The number of para-hydroxylation sites is 1. The van der Waals surface area contributed by atoms with E-state index in [4.69, 9.17) is 4.74 Å². The van der Waals surface area contributed by atoms with Crippen molar-refractivity contribution in [1.29, 1.82) is 0 Å². The third kappa shape index (κ3) is 4.03. The predicted molar refractivity (Wildman–Crippen MR) is 116 cm³/mol. The predicted octanol–water partition coefficient (Wildman–Crippen LogP) is 4.59. The molecule has 0 amide bonds. The molecule has 4 rings (SSSR count). The molecular weight excluding hydrogens is 384 g/mol. The summed E-state index contributed by atoms with van der Waals surface area (Å²) >= 11 is 0. The summed E-state index contributed by atoms with van der Waals surface area (Å²) in [6, 6.07) is 22.0. The average molecular weight is 407 g/mol. The highest BCUT2D eigenvalue weighted by molar-refractivity contribution is 7.92. The largest absolute Gasteiger partial charge is 0.494 e. The number of hydrogen-bond donors (Lipinski definition) is 0. The normalized spacial score (nSPS) is 13.6. The van der Waals surface area contributed by atoms with Crippen molar-refractivity contribution in [2.45, 2.75) is 18.2 Å². The lowest BCUT2D eigenvalue weighted by molar-refractivity contribution is 0.340. The summed E-state index contributed by atoms with van der Waals surface area (Å²) in [5.41, 5.74) is 3.47. The number of ether oxygens (including phenoxy) is 1. The van der Waals surface area contributed by atoms with Gasteiger partial charge in [-0.2, -0.15) is 0 Å². The van der Waals surface area contributed by atoms with Gasteiger partial charge in [-0.3, -0.25) is 9.30 Å². The van der Waals surface area contributed by atoms with Crippen molar-refractivity contribution in [2.75, 3.05) is 17.5 Å². The van der Waals surface area contributed by atoms with E-state index in [0.29, 0.717) is 18.8 Å². The van der Waals surface area contributed by atoms with Crippen LogP contribution in [-0.2, 0) is 16.4 Å². The van der Waals surface area contributed by atoms with Gasteiger partial charge >= 0.3 is 0 Å². The Kier molecular flexibility index (Phi) is 5.36. The summed E-state index contributed by atoms with van der Waals surface area (Å²) < 4.78 is 33.0. The number of fused-ring (bicyclic) bond motifs is 1. The number of aliphatic imine (C=N–C) groups is 1. The van der Waals surface area contributed by atoms with Crippen LogP contribution < -0.4 is 9.04 Å². The Morgan fingerprint density at radius 2 is 1.72 bits per heavy atom. The van der Waals surface area contributed by atoms with Crippen LogP contribution in [0.4, 0.5) is 11.4 Å². The molecular formula is C23H22N2O3S. The highest BCUT2D eigenvalue weighted by Gasteiger charge is 2.30. The van der Waals surface area contributed by atoms with Crippen molar-refractivity contribution < 1.29 is 13.2 Å². The highest BCUT2D eigenvalue weighted by Crippen LogP contribution is 2.33. The van der Waals surface area contributed by atoms with Gasteiger partial charge in [-0.25, -0.2) is 8.42 Å². The molecule has 0 saturated carbocycles. The van der Waals surface area contributed by atoms with Crippen LogP contribution in [0.25, 0.3) is 0 Å². The number of hydrogen-bond acceptors (Lipinski definition) is 4. The molecule has 1 heterocycles. The van der Waals surface area contributed by atoms with E-state index < -0.39 is 10.0 Å². The molecule has 148 valence electrons. The first kappa shape index (κ1) is 19.2. The number of nitrogens with zero attached hydrogens (tertiary/aromatic N) is 2. The first-order valence-corrected chi connectivity index (χ1v) is 11.0. The zero-order chi connectivity index (χ0) is 20.3. The average Bonchev–Trinajstić information content (AvgIpc) is 3.19. The second-order valence-electron chi connectivity index (χ2n) is 6.71. The van der Waals surface area contributed by atoms with Crippen LogP contribution in [0, 0.1) is 0 Å². The Hall–Kier alpha value is -3.12. The molecule has 1 aliphatic rings. The Balaban J connectivity index is 1.50. The summed E-state index contributed by atoms with van der Waals surface area (Å²) in [7, 11) is -3.58. The van der Waals surface area contributed by atoms with Gasteiger partial charge in [0.25, 0.3) is 10.0 Å². The van der Waals surface area contributed by atoms with Crippen molar-refractivity contribution in [3.8, 4) is 5.75 Å². The van der Waals surface area contributed by atoms with Crippen molar-refractivity contribution >= 4 is 27.6 Å². The summed E-state index contributed by atoms with van der Waals surface area (Å²) in [4.78, 5) is 4.71. The van der Waals surface area contributed by atoms with Gasteiger partial charge in [-0.05, 0) is 79.1 Å². The van der Waals surface area contributed by atoms with E-state index in [-0.39, 0.29) is 4.90 Å². The van der Waals surface area contributed by atoms with Gasteiger partial charge in [-0.15, -0.1) is 0 Å². The van der Waals surface area contributed by atoms with Gasteiger partial charge in [0.2, 0.25) is 0 Å². The number of anilines is 1. The Morgan fingerprint density at radius 3 is 2.45 bits per heavy atom. The second kappa shape index (κ2) is 8.09. The van der Waals surface area contributed by atoms with E-state index in [2.05, 4.69) is 4.99 Å². The van der Waals surface area contributed by atoms with E-state index in [1.807, 2.05) is 55.5 Å². The number of sulfonamides is 1. The summed E-state index contributed by atoms with van der Waals surface area (Å²) in [6.07, 6.45) is 2.48. The van der Waals surface area contributed by atoms with Crippen molar-refractivity contribution in [3.05, 3.63) is 83.9 Å². The summed E-state index contributed by atoms with van der Waals surface area (Å²) in [5.74, 6) is 0.822. The van der Waals surface area contributed by atoms with Gasteiger partial charge in [-0.1, -0.05) is 18.2 Å². The molecule has 0 saturated heterocycles. The van der Waals surface area contributed by atoms with Crippen molar-refractivity contribution in [2.24, 2.45) is 4.99 Å². The van der Waals surface area contributed by atoms with Crippen LogP contribution in [0.3, 0.4) is 0 Å². The Labute approximate surface area is 171 Å². The van der Waals surface area contributed by atoms with Crippen LogP contribution in [0.2, 0.25) is 0 Å². The third-order valence-corrected chi connectivity index (χ3v) is 6.65. The quantitative estimate of drug-likeness (QED) is 0.563. The third-order valence-electron chi connectivity index (χ3n) is 4.82. The summed E-state index contributed by atoms with van der Waals surface area (Å²) in [6.45, 7) is 3.05. The lowest BCUT2D eigenvalue weighted by Crippen LogP contribution is -2.29. The molecule has 5 nitrogen and oxygen atoms in total. The molecule has 0 N–H and O–H groups in total. The first-order valence-electron chi connectivity index (χ1n) is 9.55. The first-order chi connectivity index (χ1) is 14.1. The summed E-state index contributed by atoms with van der Waals surface area (Å²) in [5, 5.41) is 0. The molecule has 0 spiro atoms. The molecule has 0 fully saturated rings. The molecule has 0 bridgehead atoms. The molecule has 0 unspecified atom stereocenters. The minimum atomic E-state index is -3.58. The molecule has 29 heavy (non-hydrogen) atoms. The van der Waals surface area contributed by atoms with Crippen molar-refractivity contribution in [1.82, 2.24) is 0 Å². The smallest absolute Gasteiger partial charge is 0.264 e. The SMILES string of the molecule is CCOc1ccc(C=Nc2ccc(S(=O)(=O)N3CCc4ccccc43)cc2)cc1. The maximum absolute atomic E-state index is 13.0. The van der Waals surface area contributed by atoms with Crippen LogP contribution in [0.15, 0.2) is 82.7 Å². The standard InChI is InChI=1S/C23H22N2O3S/c1-2-28-21-11-7-18(8-12-21)17-24-20-9-13-22(14-10-20)29(26,27)25-16-15-19-5-3-4-6-23(19)25/h3-14,17H,2,15-16H2,1H3. The van der Waals surface area contributed by atoms with Crippen molar-refractivity contribution in [3.63, 3.8) is 0 Å². The molecule has 0 aliphatic carbocycles.